The normalized spacial score (nSPS) is 11.4. The van der Waals surface area contributed by atoms with Crippen LogP contribution in [0, 0.1) is 5.82 Å². The minimum absolute atomic E-state index is 0.0182. The van der Waals surface area contributed by atoms with E-state index in [0.29, 0.717) is 39.8 Å². The summed E-state index contributed by atoms with van der Waals surface area (Å²) < 4.78 is 30.9. The van der Waals surface area contributed by atoms with Crippen molar-refractivity contribution in [2.45, 2.75) is 11.8 Å². The second-order valence-corrected chi connectivity index (χ2v) is 9.57. The zero-order chi connectivity index (χ0) is 28.1. The molecule has 5 aromatic rings. The number of benzene rings is 4. The molecule has 0 saturated carbocycles. The predicted octanol–water partition coefficient (Wildman–Crippen LogP) is 6.58. The highest BCUT2D eigenvalue weighted by molar-refractivity contribution is 8.04. The molecule has 0 saturated heterocycles. The Kier molecular flexibility index (Phi) is 7.97. The number of aromatic nitrogens is 3. The first-order valence-corrected chi connectivity index (χ1v) is 12.9. The Morgan fingerprint density at radius 3 is 2.45 bits per heavy atom. The van der Waals surface area contributed by atoms with Crippen molar-refractivity contribution in [3.8, 4) is 28.6 Å². The molecule has 0 atom stereocenters. The standard InChI is InChI=1S/C30H24FN3O5S/c1-37-21-13-20(14-22(15-21)38-2)28-32-30(34-33-28)40-27(29(35)36)16-24-23-9-5-3-7-18(23)11-12-26(24)39-17-19-8-4-6-10-25(19)31/h3-16H,17H2,1-2H3,(H,35,36)(H,32,33,34)/b27-16-. The molecule has 0 bridgehead atoms. The van der Waals surface area contributed by atoms with E-state index in [0.717, 1.165) is 22.5 Å². The van der Waals surface area contributed by atoms with Gasteiger partial charge in [0.05, 0.1) is 14.2 Å². The first kappa shape index (κ1) is 26.8. The number of rotatable bonds is 10. The summed E-state index contributed by atoms with van der Waals surface area (Å²) in [6, 6.07) is 22.8. The highest BCUT2D eigenvalue weighted by atomic mass is 32.2. The van der Waals surface area contributed by atoms with E-state index in [4.69, 9.17) is 14.2 Å². The molecule has 0 radical (unpaired) electrons. The van der Waals surface area contributed by atoms with Gasteiger partial charge >= 0.3 is 5.97 Å². The number of thioether (sulfide) groups is 1. The molecule has 0 spiro atoms. The molecule has 0 aliphatic rings. The van der Waals surface area contributed by atoms with Gasteiger partial charge in [0.2, 0.25) is 5.16 Å². The van der Waals surface area contributed by atoms with Crippen molar-refractivity contribution >= 4 is 34.6 Å². The lowest BCUT2D eigenvalue weighted by atomic mass is 10.0. The third kappa shape index (κ3) is 5.92. The van der Waals surface area contributed by atoms with E-state index < -0.39 is 5.97 Å². The first-order valence-electron chi connectivity index (χ1n) is 12.1. The number of carboxylic acid groups (broad SMARTS) is 1. The summed E-state index contributed by atoms with van der Waals surface area (Å²) in [4.78, 5) is 16.8. The van der Waals surface area contributed by atoms with Crippen LogP contribution in [0.25, 0.3) is 28.2 Å². The maximum atomic E-state index is 14.2. The molecule has 1 aromatic heterocycles. The van der Waals surface area contributed by atoms with Crippen molar-refractivity contribution in [2.75, 3.05) is 14.2 Å². The van der Waals surface area contributed by atoms with Gasteiger partial charge in [0.15, 0.2) is 5.82 Å². The fourth-order valence-corrected chi connectivity index (χ4v) is 4.74. The van der Waals surface area contributed by atoms with E-state index in [9.17, 15) is 14.3 Å². The molecule has 40 heavy (non-hydrogen) atoms. The molecule has 0 unspecified atom stereocenters. The molecule has 0 fully saturated rings. The fourth-order valence-electron chi connectivity index (χ4n) is 4.05. The Labute approximate surface area is 233 Å². The largest absolute Gasteiger partial charge is 0.497 e. The number of aromatic amines is 1. The van der Waals surface area contributed by atoms with Crippen molar-refractivity contribution in [3.63, 3.8) is 0 Å². The van der Waals surface area contributed by atoms with E-state index >= 15 is 0 Å². The van der Waals surface area contributed by atoms with Crippen molar-refractivity contribution < 1.29 is 28.5 Å². The van der Waals surface area contributed by atoms with Crippen LogP contribution in [0.5, 0.6) is 17.2 Å². The molecule has 202 valence electrons. The van der Waals surface area contributed by atoms with Crippen LogP contribution in [0.1, 0.15) is 11.1 Å². The molecular weight excluding hydrogens is 533 g/mol. The van der Waals surface area contributed by atoms with Crippen LogP contribution in [0.2, 0.25) is 0 Å². The van der Waals surface area contributed by atoms with E-state index in [1.165, 1.54) is 12.1 Å². The molecule has 4 aromatic carbocycles. The van der Waals surface area contributed by atoms with Crippen LogP contribution < -0.4 is 14.2 Å². The van der Waals surface area contributed by atoms with Gasteiger partial charge in [-0.1, -0.05) is 48.5 Å². The van der Waals surface area contributed by atoms with E-state index in [1.54, 1.807) is 56.7 Å². The summed E-state index contributed by atoms with van der Waals surface area (Å²) in [6.07, 6.45) is 1.52. The number of aliphatic carboxylic acids is 1. The lowest BCUT2D eigenvalue weighted by Crippen LogP contribution is -2.01. The van der Waals surface area contributed by atoms with Crippen molar-refractivity contribution in [2.24, 2.45) is 0 Å². The van der Waals surface area contributed by atoms with Crippen LogP contribution in [0.4, 0.5) is 4.39 Å². The number of hydrogen-bond donors (Lipinski definition) is 2. The summed E-state index contributed by atoms with van der Waals surface area (Å²) in [5, 5.41) is 19.0. The number of hydrogen-bond acceptors (Lipinski definition) is 7. The number of carbonyl (C=O) groups is 1. The topological polar surface area (TPSA) is 107 Å². The average molecular weight is 558 g/mol. The van der Waals surface area contributed by atoms with E-state index in [1.807, 2.05) is 30.3 Å². The SMILES string of the molecule is COc1cc(OC)cc(-c2nc(S/C(=C\c3c(OCc4ccccc4F)ccc4ccccc34)C(=O)O)n[nH]2)c1. The van der Waals surface area contributed by atoms with Crippen molar-refractivity contribution in [1.29, 1.82) is 0 Å². The zero-order valence-electron chi connectivity index (χ0n) is 21.6. The predicted molar refractivity (Wildman–Crippen MR) is 151 cm³/mol. The average Bonchev–Trinajstić information content (AvgIpc) is 3.45. The van der Waals surface area contributed by atoms with E-state index in [-0.39, 0.29) is 22.5 Å². The van der Waals surface area contributed by atoms with Gasteiger partial charge in [-0.3, -0.25) is 5.10 Å². The smallest absolute Gasteiger partial charge is 0.342 e. The molecule has 0 aliphatic carbocycles. The lowest BCUT2D eigenvalue weighted by Gasteiger charge is -2.13. The maximum absolute atomic E-state index is 14.2. The molecule has 1 heterocycles. The number of carboxylic acids is 1. The van der Waals surface area contributed by atoms with E-state index in [2.05, 4.69) is 15.2 Å². The monoisotopic (exact) mass is 557 g/mol. The van der Waals surface area contributed by atoms with Crippen LogP contribution in [-0.2, 0) is 11.4 Å². The summed E-state index contributed by atoms with van der Waals surface area (Å²) >= 11 is 0.891. The van der Waals surface area contributed by atoms with Crippen molar-refractivity contribution in [1.82, 2.24) is 15.2 Å². The van der Waals surface area contributed by atoms with Gasteiger partial charge < -0.3 is 19.3 Å². The number of H-pyrrole nitrogens is 1. The van der Waals surface area contributed by atoms with Gasteiger partial charge in [-0.05, 0) is 52.9 Å². The number of halogens is 1. The Balaban J connectivity index is 1.49. The second kappa shape index (κ2) is 11.9. The fraction of sp³-hybridized carbons (Fsp3) is 0.100. The quantitative estimate of drug-likeness (QED) is 0.147. The highest BCUT2D eigenvalue weighted by Crippen LogP contribution is 2.35. The first-order chi connectivity index (χ1) is 19.4. The molecule has 8 nitrogen and oxygen atoms in total. The summed E-state index contributed by atoms with van der Waals surface area (Å²) in [5.74, 6) is 0.447. The van der Waals surface area contributed by atoms with Gasteiger partial charge in [0.25, 0.3) is 0 Å². The van der Waals surface area contributed by atoms with Gasteiger partial charge in [-0.2, -0.15) is 0 Å². The van der Waals surface area contributed by atoms with Crippen LogP contribution in [-0.4, -0.2) is 40.5 Å². The molecule has 10 heteroatoms. The summed E-state index contributed by atoms with van der Waals surface area (Å²) in [6.45, 7) is -0.0182. The van der Waals surface area contributed by atoms with Gasteiger partial charge in [-0.25, -0.2) is 14.2 Å². The molecular formula is C30H24FN3O5S. The van der Waals surface area contributed by atoms with Crippen molar-refractivity contribution in [3.05, 3.63) is 101 Å². The van der Waals surface area contributed by atoms with Crippen LogP contribution >= 0.6 is 11.8 Å². The Morgan fingerprint density at radius 1 is 1.00 bits per heavy atom. The third-order valence-corrected chi connectivity index (χ3v) is 6.93. The summed E-state index contributed by atoms with van der Waals surface area (Å²) in [5.41, 5.74) is 1.60. The number of nitrogens with zero attached hydrogens (tertiary/aromatic N) is 2. The molecule has 5 rings (SSSR count). The highest BCUT2D eigenvalue weighted by Gasteiger charge is 2.18. The van der Waals surface area contributed by atoms with Crippen LogP contribution in [0.15, 0.2) is 88.9 Å². The lowest BCUT2D eigenvalue weighted by molar-refractivity contribution is -0.131. The summed E-state index contributed by atoms with van der Waals surface area (Å²) in [7, 11) is 3.09. The Bertz CT molecular complexity index is 1700. The molecule has 2 N–H and O–H groups in total. The molecule has 0 aliphatic heterocycles. The minimum Gasteiger partial charge on any atom is -0.497 e. The third-order valence-electron chi connectivity index (χ3n) is 6.05. The Hall–Kier alpha value is -4.83. The Morgan fingerprint density at radius 2 is 1.73 bits per heavy atom. The van der Waals surface area contributed by atoms with Gasteiger partial charge in [0, 0.05) is 22.8 Å². The number of nitrogens with one attached hydrogen (secondary N) is 1. The molecule has 0 amide bonds. The number of methoxy groups -OCH3 is 2. The maximum Gasteiger partial charge on any atom is 0.342 e. The number of ether oxygens (including phenoxy) is 3. The second-order valence-electron chi connectivity index (χ2n) is 8.56. The minimum atomic E-state index is -1.16. The van der Waals surface area contributed by atoms with Crippen LogP contribution in [0.3, 0.4) is 0 Å². The van der Waals surface area contributed by atoms with Gasteiger partial charge in [0.1, 0.15) is 34.6 Å². The number of fused-ring (bicyclic) bond motifs is 1. The van der Waals surface area contributed by atoms with Gasteiger partial charge in [-0.15, -0.1) is 5.10 Å². The zero-order valence-corrected chi connectivity index (χ0v) is 22.4.